The molecule has 0 saturated heterocycles. The number of ether oxygens (including phenoxy) is 1. The van der Waals surface area contributed by atoms with Gasteiger partial charge in [0.2, 0.25) is 5.95 Å². The molecule has 8 heteroatoms. The van der Waals surface area contributed by atoms with Gasteiger partial charge in [0, 0.05) is 25.5 Å². The topological polar surface area (TPSA) is 67.3 Å². The molecule has 0 atom stereocenters. The maximum atomic E-state index is 13.3. The molecule has 1 aliphatic rings. The van der Waals surface area contributed by atoms with Crippen LogP contribution in [0.4, 0.5) is 20.5 Å². The number of benzene rings is 2. The number of nitrogens with zero attached hydrogens (tertiary/aromatic N) is 3. The molecule has 168 valence electrons. The highest BCUT2D eigenvalue weighted by Crippen LogP contribution is 2.28. The van der Waals surface area contributed by atoms with E-state index in [1.165, 1.54) is 6.07 Å². The minimum absolute atomic E-state index is 0.0180. The van der Waals surface area contributed by atoms with E-state index in [0.29, 0.717) is 5.95 Å². The lowest BCUT2D eigenvalue weighted by atomic mass is 9.86. The van der Waals surface area contributed by atoms with Gasteiger partial charge in [-0.05, 0) is 61.9 Å². The lowest BCUT2D eigenvalue weighted by Crippen LogP contribution is -2.29. The third kappa shape index (κ3) is 4.95. The second-order valence-electron chi connectivity index (χ2n) is 8.37. The fourth-order valence-corrected chi connectivity index (χ4v) is 4.02. The van der Waals surface area contributed by atoms with Gasteiger partial charge >= 0.3 is 5.97 Å². The number of carbonyl (C=O) groups is 1. The van der Waals surface area contributed by atoms with Crippen molar-refractivity contribution in [1.82, 2.24) is 9.97 Å². The van der Waals surface area contributed by atoms with E-state index in [4.69, 9.17) is 9.72 Å². The van der Waals surface area contributed by atoms with E-state index in [1.807, 2.05) is 43.3 Å². The van der Waals surface area contributed by atoms with Gasteiger partial charge in [-0.3, -0.25) is 0 Å². The average Bonchev–Trinajstić information content (AvgIpc) is 2.79. The largest absolute Gasteiger partial charge is 0.462 e. The van der Waals surface area contributed by atoms with Crippen molar-refractivity contribution in [2.75, 3.05) is 30.9 Å². The van der Waals surface area contributed by atoms with Crippen LogP contribution in [0, 0.1) is 17.6 Å². The summed E-state index contributed by atoms with van der Waals surface area (Å²) < 4.78 is 31.7. The lowest BCUT2D eigenvalue weighted by molar-refractivity contribution is 0.0407. The van der Waals surface area contributed by atoms with Crippen LogP contribution in [-0.4, -0.2) is 42.7 Å². The van der Waals surface area contributed by atoms with Crippen molar-refractivity contribution in [3.8, 4) is 0 Å². The van der Waals surface area contributed by atoms with Crippen LogP contribution in [0.5, 0.6) is 0 Å². The predicted octanol–water partition coefficient (Wildman–Crippen LogP) is 4.80. The summed E-state index contributed by atoms with van der Waals surface area (Å²) in [6.45, 7) is 0.266. The van der Waals surface area contributed by atoms with Crippen molar-refractivity contribution in [3.05, 3.63) is 59.7 Å². The standard InChI is InChI=1S/C24H26F2N4O2/c1-30(2)22-18-5-3-4-6-21(18)28-24(29-22)27-17-10-7-15(8-11-17)14-32-23(31)16-9-12-19(25)20(26)13-16/h3-6,9,12-13,15,17H,7-8,10-11,14H2,1-2H3,(H,27,28,29)/t15-,17+. The second-order valence-corrected chi connectivity index (χ2v) is 8.37. The first-order valence-electron chi connectivity index (χ1n) is 10.7. The zero-order chi connectivity index (χ0) is 22.7. The third-order valence-corrected chi connectivity index (χ3v) is 5.79. The Morgan fingerprint density at radius 2 is 1.81 bits per heavy atom. The fraction of sp³-hybridized carbons (Fsp3) is 0.375. The lowest BCUT2D eigenvalue weighted by Gasteiger charge is -2.29. The van der Waals surface area contributed by atoms with Gasteiger partial charge in [-0.1, -0.05) is 12.1 Å². The van der Waals surface area contributed by atoms with Crippen LogP contribution >= 0.6 is 0 Å². The highest BCUT2D eigenvalue weighted by Gasteiger charge is 2.24. The molecule has 0 bridgehead atoms. The number of esters is 1. The van der Waals surface area contributed by atoms with Crippen molar-refractivity contribution in [2.45, 2.75) is 31.7 Å². The van der Waals surface area contributed by atoms with Crippen LogP contribution in [0.1, 0.15) is 36.0 Å². The zero-order valence-corrected chi connectivity index (χ0v) is 18.1. The average molecular weight is 440 g/mol. The molecular formula is C24H26F2N4O2. The van der Waals surface area contributed by atoms with E-state index in [1.54, 1.807) is 0 Å². The molecule has 0 unspecified atom stereocenters. The summed E-state index contributed by atoms with van der Waals surface area (Å²) >= 11 is 0. The molecule has 0 radical (unpaired) electrons. The highest BCUT2D eigenvalue weighted by molar-refractivity contribution is 5.90. The van der Waals surface area contributed by atoms with Crippen molar-refractivity contribution >= 4 is 28.6 Å². The minimum Gasteiger partial charge on any atom is -0.462 e. The van der Waals surface area contributed by atoms with E-state index in [0.717, 1.165) is 54.5 Å². The molecule has 0 aliphatic heterocycles. The van der Waals surface area contributed by atoms with Gasteiger partial charge in [-0.25, -0.2) is 18.6 Å². The molecule has 1 fully saturated rings. The summed E-state index contributed by atoms with van der Waals surface area (Å²) in [5.74, 6) is -0.960. The maximum absolute atomic E-state index is 13.3. The van der Waals surface area contributed by atoms with E-state index in [2.05, 4.69) is 10.3 Å². The number of carbonyl (C=O) groups excluding carboxylic acids is 1. The summed E-state index contributed by atoms with van der Waals surface area (Å²) in [5.41, 5.74) is 0.913. The molecule has 2 aromatic carbocycles. The maximum Gasteiger partial charge on any atom is 0.338 e. The van der Waals surface area contributed by atoms with Gasteiger partial charge in [0.1, 0.15) is 5.82 Å². The van der Waals surface area contributed by atoms with Crippen molar-refractivity contribution in [3.63, 3.8) is 0 Å². The second kappa shape index (κ2) is 9.46. The Labute approximate surface area is 185 Å². The van der Waals surface area contributed by atoms with Crippen LogP contribution < -0.4 is 10.2 Å². The molecule has 1 heterocycles. The Morgan fingerprint density at radius 1 is 1.06 bits per heavy atom. The predicted molar refractivity (Wildman–Crippen MR) is 120 cm³/mol. The molecule has 1 aliphatic carbocycles. The summed E-state index contributed by atoms with van der Waals surface area (Å²) in [5, 5.41) is 4.47. The molecule has 0 spiro atoms. The smallest absolute Gasteiger partial charge is 0.338 e. The van der Waals surface area contributed by atoms with E-state index >= 15 is 0 Å². The Bertz CT molecular complexity index is 1110. The van der Waals surface area contributed by atoms with Crippen LogP contribution in [0.15, 0.2) is 42.5 Å². The molecule has 6 nitrogen and oxygen atoms in total. The van der Waals surface area contributed by atoms with Crippen LogP contribution in [0.25, 0.3) is 10.9 Å². The molecule has 3 aromatic rings. The number of rotatable bonds is 6. The minimum atomic E-state index is -1.06. The number of anilines is 2. The fourth-order valence-electron chi connectivity index (χ4n) is 4.02. The van der Waals surface area contributed by atoms with Crippen molar-refractivity contribution < 1.29 is 18.3 Å². The Kier molecular flexibility index (Phi) is 6.48. The summed E-state index contributed by atoms with van der Waals surface area (Å²) in [4.78, 5) is 23.4. The molecule has 32 heavy (non-hydrogen) atoms. The molecule has 0 amide bonds. The van der Waals surface area contributed by atoms with E-state index in [-0.39, 0.29) is 24.1 Å². The zero-order valence-electron chi connectivity index (χ0n) is 18.1. The number of hydrogen-bond donors (Lipinski definition) is 1. The van der Waals surface area contributed by atoms with Gasteiger partial charge in [0.15, 0.2) is 11.6 Å². The number of hydrogen-bond acceptors (Lipinski definition) is 6. The summed E-state index contributed by atoms with van der Waals surface area (Å²) in [6, 6.07) is 11.2. The molecule has 1 N–H and O–H groups in total. The van der Waals surface area contributed by atoms with E-state index in [9.17, 15) is 13.6 Å². The van der Waals surface area contributed by atoms with Crippen LogP contribution in [0.2, 0.25) is 0 Å². The highest BCUT2D eigenvalue weighted by atomic mass is 19.2. The molecule has 1 saturated carbocycles. The molecular weight excluding hydrogens is 414 g/mol. The quantitative estimate of drug-likeness (QED) is 0.556. The van der Waals surface area contributed by atoms with Gasteiger partial charge < -0.3 is 15.0 Å². The summed E-state index contributed by atoms with van der Waals surface area (Å²) in [7, 11) is 3.93. The van der Waals surface area contributed by atoms with Crippen molar-refractivity contribution in [1.29, 1.82) is 0 Å². The van der Waals surface area contributed by atoms with Gasteiger partial charge in [0.25, 0.3) is 0 Å². The molecule has 1 aromatic heterocycles. The number of para-hydroxylation sites is 1. The number of halogens is 2. The Hall–Kier alpha value is -3.29. The van der Waals surface area contributed by atoms with Gasteiger partial charge in [-0.15, -0.1) is 0 Å². The van der Waals surface area contributed by atoms with E-state index < -0.39 is 17.6 Å². The number of nitrogens with one attached hydrogen (secondary N) is 1. The first kappa shape index (κ1) is 21.9. The Balaban J connectivity index is 1.31. The first-order chi connectivity index (χ1) is 15.4. The summed E-state index contributed by atoms with van der Waals surface area (Å²) in [6.07, 6.45) is 3.58. The van der Waals surface area contributed by atoms with Crippen molar-refractivity contribution in [2.24, 2.45) is 5.92 Å². The van der Waals surface area contributed by atoms with Gasteiger partial charge in [0.05, 0.1) is 17.7 Å². The number of fused-ring (bicyclic) bond motifs is 1. The first-order valence-corrected chi connectivity index (χ1v) is 10.7. The molecule has 4 rings (SSSR count). The SMILES string of the molecule is CN(C)c1nc(N[C@H]2CC[C@@H](COC(=O)c3ccc(F)c(F)c3)CC2)nc2ccccc12. The normalized spacial score (nSPS) is 18.4. The third-order valence-electron chi connectivity index (χ3n) is 5.79. The van der Waals surface area contributed by atoms with Gasteiger partial charge in [-0.2, -0.15) is 4.98 Å². The number of aromatic nitrogens is 2. The Morgan fingerprint density at radius 3 is 2.53 bits per heavy atom. The monoisotopic (exact) mass is 440 g/mol. The van der Waals surface area contributed by atoms with Crippen LogP contribution in [0.3, 0.4) is 0 Å². The van der Waals surface area contributed by atoms with Crippen LogP contribution in [-0.2, 0) is 4.74 Å².